The van der Waals surface area contributed by atoms with Crippen LogP contribution in [0, 0.1) is 0 Å². The molecule has 2 rings (SSSR count). The van der Waals surface area contributed by atoms with Gasteiger partial charge in [0.15, 0.2) is 0 Å². The lowest BCUT2D eigenvalue weighted by Gasteiger charge is -2.26. The average Bonchev–Trinajstić information content (AvgIpc) is 2.05. The van der Waals surface area contributed by atoms with E-state index in [9.17, 15) is 0 Å². The van der Waals surface area contributed by atoms with Crippen LogP contribution in [-0.4, -0.2) is 24.2 Å². The van der Waals surface area contributed by atoms with Gasteiger partial charge in [0.25, 0.3) is 0 Å². The molecule has 1 aromatic rings. The molecule has 1 fully saturated rings. The monoisotopic (exact) mass is 179 g/mol. The summed E-state index contributed by atoms with van der Waals surface area (Å²) in [6.07, 6.45) is 4.89. The minimum absolute atomic E-state index is 0.347. The second-order valence-corrected chi connectivity index (χ2v) is 3.13. The SMILES string of the molecule is Nc1ccncc1NCC1CCO1. The number of pyridine rings is 1. The number of aromatic nitrogens is 1. The maximum absolute atomic E-state index is 5.72. The van der Waals surface area contributed by atoms with Gasteiger partial charge in [-0.15, -0.1) is 0 Å². The first-order valence-electron chi connectivity index (χ1n) is 4.41. The summed E-state index contributed by atoms with van der Waals surface area (Å²) in [5, 5.41) is 3.20. The highest BCUT2D eigenvalue weighted by Crippen LogP contribution is 2.17. The standard InChI is InChI=1S/C9H13N3O/c10-8-1-3-11-6-9(8)12-5-7-2-4-13-7/h1,3,6-7,12H,2,4-5H2,(H2,10,11). The fourth-order valence-electron chi connectivity index (χ4n) is 1.22. The average molecular weight is 179 g/mol. The van der Waals surface area contributed by atoms with E-state index in [1.54, 1.807) is 18.5 Å². The Balaban J connectivity index is 1.89. The van der Waals surface area contributed by atoms with Gasteiger partial charge in [-0.2, -0.15) is 0 Å². The molecule has 1 saturated heterocycles. The van der Waals surface area contributed by atoms with Crippen molar-refractivity contribution in [2.24, 2.45) is 0 Å². The fraction of sp³-hybridized carbons (Fsp3) is 0.444. The van der Waals surface area contributed by atoms with E-state index in [2.05, 4.69) is 10.3 Å². The number of rotatable bonds is 3. The largest absolute Gasteiger partial charge is 0.397 e. The Morgan fingerprint density at radius 2 is 2.54 bits per heavy atom. The molecule has 4 nitrogen and oxygen atoms in total. The summed E-state index contributed by atoms with van der Waals surface area (Å²) in [5.41, 5.74) is 7.34. The van der Waals surface area contributed by atoms with Crippen molar-refractivity contribution < 1.29 is 4.74 Å². The molecule has 0 bridgehead atoms. The zero-order valence-corrected chi connectivity index (χ0v) is 7.36. The van der Waals surface area contributed by atoms with Gasteiger partial charge in [-0.1, -0.05) is 0 Å². The summed E-state index contributed by atoms with van der Waals surface area (Å²) in [6.45, 7) is 1.70. The first-order valence-corrected chi connectivity index (χ1v) is 4.41. The Morgan fingerprint density at radius 1 is 1.69 bits per heavy atom. The lowest BCUT2D eigenvalue weighted by atomic mass is 10.2. The van der Waals surface area contributed by atoms with Crippen molar-refractivity contribution in [1.82, 2.24) is 4.98 Å². The smallest absolute Gasteiger partial charge is 0.0769 e. The van der Waals surface area contributed by atoms with Gasteiger partial charge in [-0.05, 0) is 12.5 Å². The maximum Gasteiger partial charge on any atom is 0.0769 e. The number of nitrogens with one attached hydrogen (secondary N) is 1. The lowest BCUT2D eigenvalue weighted by Crippen LogP contribution is -2.33. The Hall–Kier alpha value is -1.29. The molecule has 4 heteroatoms. The molecule has 0 amide bonds. The third-order valence-corrected chi connectivity index (χ3v) is 2.17. The van der Waals surface area contributed by atoms with E-state index >= 15 is 0 Å². The predicted molar refractivity (Wildman–Crippen MR) is 51.5 cm³/mol. The number of nitrogen functional groups attached to an aromatic ring is 1. The molecule has 0 radical (unpaired) electrons. The molecule has 3 N–H and O–H groups in total. The van der Waals surface area contributed by atoms with Crippen LogP contribution in [0.2, 0.25) is 0 Å². The van der Waals surface area contributed by atoms with Gasteiger partial charge in [0.05, 0.1) is 23.7 Å². The van der Waals surface area contributed by atoms with E-state index in [1.807, 2.05) is 0 Å². The molecule has 0 aromatic carbocycles. The Labute approximate surface area is 77.1 Å². The van der Waals surface area contributed by atoms with Crippen LogP contribution in [0.5, 0.6) is 0 Å². The maximum atomic E-state index is 5.72. The molecule has 1 aromatic heterocycles. The first kappa shape index (κ1) is 8.31. The zero-order chi connectivity index (χ0) is 9.10. The van der Waals surface area contributed by atoms with Gasteiger partial charge in [0, 0.05) is 19.3 Å². The number of hydrogen-bond donors (Lipinski definition) is 2. The van der Waals surface area contributed by atoms with E-state index in [-0.39, 0.29) is 0 Å². The highest BCUT2D eigenvalue weighted by molar-refractivity contribution is 5.64. The number of anilines is 2. The van der Waals surface area contributed by atoms with Crippen LogP contribution in [0.15, 0.2) is 18.5 Å². The number of nitrogens with two attached hydrogens (primary N) is 1. The van der Waals surface area contributed by atoms with Crippen molar-refractivity contribution >= 4 is 11.4 Å². The quantitative estimate of drug-likeness (QED) is 0.722. The van der Waals surface area contributed by atoms with Gasteiger partial charge in [-0.3, -0.25) is 4.98 Å². The third-order valence-electron chi connectivity index (χ3n) is 2.17. The van der Waals surface area contributed by atoms with E-state index in [0.29, 0.717) is 6.10 Å². The molecule has 1 aliphatic rings. The van der Waals surface area contributed by atoms with Crippen LogP contribution >= 0.6 is 0 Å². The van der Waals surface area contributed by atoms with Crippen molar-refractivity contribution in [3.05, 3.63) is 18.5 Å². The zero-order valence-electron chi connectivity index (χ0n) is 7.36. The molecule has 1 unspecified atom stereocenters. The van der Waals surface area contributed by atoms with Gasteiger partial charge in [-0.25, -0.2) is 0 Å². The highest BCUT2D eigenvalue weighted by Gasteiger charge is 2.17. The van der Waals surface area contributed by atoms with Gasteiger partial charge in [0.1, 0.15) is 0 Å². The molecule has 0 spiro atoms. The predicted octanol–water partition coefficient (Wildman–Crippen LogP) is 0.865. The number of hydrogen-bond acceptors (Lipinski definition) is 4. The first-order chi connectivity index (χ1) is 6.36. The molecular formula is C9H13N3O. The number of ether oxygens (including phenoxy) is 1. The van der Waals surface area contributed by atoms with Gasteiger partial charge >= 0.3 is 0 Å². The lowest BCUT2D eigenvalue weighted by molar-refractivity contribution is -0.0410. The summed E-state index contributed by atoms with van der Waals surface area (Å²) >= 11 is 0. The van der Waals surface area contributed by atoms with Crippen molar-refractivity contribution in [2.45, 2.75) is 12.5 Å². The summed E-state index contributed by atoms with van der Waals surface area (Å²) in [7, 11) is 0. The number of nitrogens with zero attached hydrogens (tertiary/aromatic N) is 1. The third kappa shape index (κ3) is 1.89. The van der Waals surface area contributed by atoms with E-state index < -0.39 is 0 Å². The van der Waals surface area contributed by atoms with Crippen LogP contribution in [-0.2, 0) is 4.74 Å². The normalized spacial score (nSPS) is 20.8. The van der Waals surface area contributed by atoms with Crippen molar-refractivity contribution in [3.63, 3.8) is 0 Å². The van der Waals surface area contributed by atoms with Crippen molar-refractivity contribution in [3.8, 4) is 0 Å². The summed E-state index contributed by atoms with van der Waals surface area (Å²) in [4.78, 5) is 3.98. The highest BCUT2D eigenvalue weighted by atomic mass is 16.5. The molecule has 1 atom stereocenters. The molecule has 13 heavy (non-hydrogen) atoms. The fourth-order valence-corrected chi connectivity index (χ4v) is 1.22. The Bertz CT molecular complexity index is 286. The Kier molecular flexibility index (Phi) is 2.31. The molecule has 0 saturated carbocycles. The minimum atomic E-state index is 0.347. The van der Waals surface area contributed by atoms with Crippen molar-refractivity contribution in [1.29, 1.82) is 0 Å². The molecule has 1 aliphatic heterocycles. The molecule has 2 heterocycles. The Morgan fingerprint density at radius 3 is 3.15 bits per heavy atom. The van der Waals surface area contributed by atoms with Crippen LogP contribution in [0.3, 0.4) is 0 Å². The van der Waals surface area contributed by atoms with Crippen LogP contribution in [0.1, 0.15) is 6.42 Å². The van der Waals surface area contributed by atoms with Crippen molar-refractivity contribution in [2.75, 3.05) is 24.2 Å². The molecule has 70 valence electrons. The molecular weight excluding hydrogens is 166 g/mol. The molecule has 0 aliphatic carbocycles. The van der Waals surface area contributed by atoms with Crippen LogP contribution in [0.25, 0.3) is 0 Å². The second kappa shape index (κ2) is 3.62. The second-order valence-electron chi connectivity index (χ2n) is 3.13. The van der Waals surface area contributed by atoms with Crippen LogP contribution < -0.4 is 11.1 Å². The minimum Gasteiger partial charge on any atom is -0.397 e. The topological polar surface area (TPSA) is 60.2 Å². The summed E-state index contributed by atoms with van der Waals surface area (Å²) in [6, 6.07) is 1.78. The van der Waals surface area contributed by atoms with E-state index in [4.69, 9.17) is 10.5 Å². The van der Waals surface area contributed by atoms with Crippen LogP contribution in [0.4, 0.5) is 11.4 Å². The summed E-state index contributed by atoms with van der Waals surface area (Å²) < 4.78 is 5.27. The summed E-state index contributed by atoms with van der Waals surface area (Å²) in [5.74, 6) is 0. The van der Waals surface area contributed by atoms with Gasteiger partial charge < -0.3 is 15.8 Å². The van der Waals surface area contributed by atoms with E-state index in [1.165, 1.54) is 0 Å². The van der Waals surface area contributed by atoms with Gasteiger partial charge in [0.2, 0.25) is 0 Å². The van der Waals surface area contributed by atoms with E-state index in [0.717, 1.165) is 30.9 Å².